The number of para-hydroxylation sites is 1. The van der Waals surface area contributed by atoms with E-state index in [-0.39, 0.29) is 9.73 Å². The van der Waals surface area contributed by atoms with Crippen LogP contribution in [0.5, 0.6) is 0 Å². The smallest absolute Gasteiger partial charge is 0.319 e. The van der Waals surface area contributed by atoms with E-state index in [2.05, 4.69) is 14.6 Å². The summed E-state index contributed by atoms with van der Waals surface area (Å²) in [6.07, 6.45) is -10.5. The number of hydrogen-bond donors (Lipinski definition) is 0. The molecule has 0 aliphatic carbocycles. The molecule has 0 unspecified atom stereocenters. The van der Waals surface area contributed by atoms with Crippen molar-refractivity contribution in [2.75, 3.05) is 17.2 Å². The van der Waals surface area contributed by atoms with Crippen molar-refractivity contribution in [1.29, 1.82) is 0 Å². The molecule has 4 rings (SSSR count). The van der Waals surface area contributed by atoms with Gasteiger partial charge in [-0.15, -0.1) is 14.6 Å². The number of benzene rings is 2. The van der Waals surface area contributed by atoms with Gasteiger partial charge < -0.3 is 4.90 Å². The summed E-state index contributed by atoms with van der Waals surface area (Å²) in [5, 5.41) is 5.45. The molecule has 0 bridgehead atoms. The van der Waals surface area contributed by atoms with Crippen LogP contribution in [0.2, 0.25) is 0 Å². The predicted molar refractivity (Wildman–Crippen MR) is 112 cm³/mol. The van der Waals surface area contributed by atoms with Crippen LogP contribution in [-0.4, -0.2) is 40.6 Å². The summed E-state index contributed by atoms with van der Waals surface area (Å²) in [4.78, 5) is 1.29. The summed E-state index contributed by atoms with van der Waals surface area (Å²) in [6.45, 7) is 0.510. The normalized spacial score (nSPS) is 16.4. The monoisotopic (exact) mass is 521 g/mol. The van der Waals surface area contributed by atoms with Crippen molar-refractivity contribution in [3.05, 3.63) is 66.2 Å². The number of halogens is 6. The Kier molecular flexibility index (Phi) is 6.10. The highest BCUT2D eigenvalue weighted by Crippen LogP contribution is 2.36. The van der Waals surface area contributed by atoms with E-state index in [4.69, 9.17) is 0 Å². The number of nitrogens with zero attached hydrogens (tertiary/aromatic N) is 5. The summed E-state index contributed by atoms with van der Waals surface area (Å²) >= 11 is 1.20. The number of hydrogen-bond acceptors (Lipinski definition) is 5. The zero-order chi connectivity index (χ0) is 24.7. The van der Waals surface area contributed by atoms with Gasteiger partial charge in [0.2, 0.25) is 11.6 Å². The van der Waals surface area contributed by atoms with Crippen LogP contribution in [0.25, 0.3) is 5.69 Å². The molecule has 1 saturated heterocycles. The minimum atomic E-state index is -5.23. The summed E-state index contributed by atoms with van der Waals surface area (Å²) in [5.74, 6) is -3.20. The molecule has 0 radical (unpaired) electrons. The molecule has 7 nitrogen and oxygen atoms in total. The Morgan fingerprint density at radius 3 is 1.91 bits per heavy atom. The van der Waals surface area contributed by atoms with E-state index in [0.29, 0.717) is 12.3 Å². The minimum Gasteiger partial charge on any atom is -0.319 e. The molecule has 1 fully saturated rings. The molecule has 15 heteroatoms. The molecule has 3 aromatic rings. The van der Waals surface area contributed by atoms with Crippen molar-refractivity contribution in [3.8, 4) is 5.69 Å². The number of amidine groups is 1. The van der Waals surface area contributed by atoms with Crippen molar-refractivity contribution < 1.29 is 34.8 Å². The molecule has 2 aromatic carbocycles. The van der Waals surface area contributed by atoms with E-state index in [1.807, 2.05) is 0 Å². The van der Waals surface area contributed by atoms with E-state index in [9.17, 15) is 34.8 Å². The maximum atomic E-state index is 13.2. The molecule has 0 amide bonds. The van der Waals surface area contributed by atoms with Crippen LogP contribution >= 0.6 is 11.8 Å². The Morgan fingerprint density at radius 1 is 0.824 bits per heavy atom. The molecule has 0 N–H and O–H groups in total. The second kappa shape index (κ2) is 8.61. The van der Waals surface area contributed by atoms with Gasteiger partial charge in [0.15, 0.2) is 5.17 Å². The van der Waals surface area contributed by atoms with Crippen molar-refractivity contribution in [3.63, 3.8) is 0 Å². The summed E-state index contributed by atoms with van der Waals surface area (Å²) in [6, 6.07) is 12.3. The van der Waals surface area contributed by atoms with Gasteiger partial charge in [0.05, 0.1) is 4.90 Å². The van der Waals surface area contributed by atoms with Crippen LogP contribution in [0, 0.1) is 0 Å². The maximum Gasteiger partial charge on any atom is 0.452 e. The average molecular weight is 521 g/mol. The van der Waals surface area contributed by atoms with Gasteiger partial charge in [-0.25, -0.2) is 0 Å². The quantitative estimate of drug-likeness (QED) is 0.467. The molecule has 1 aromatic heterocycles. The van der Waals surface area contributed by atoms with Crippen LogP contribution in [0.15, 0.2) is 63.9 Å². The van der Waals surface area contributed by atoms with Gasteiger partial charge in [-0.3, -0.25) is 4.57 Å². The van der Waals surface area contributed by atoms with E-state index < -0.39 is 44.6 Å². The molecule has 34 heavy (non-hydrogen) atoms. The molecule has 180 valence electrons. The fourth-order valence-electron chi connectivity index (χ4n) is 3.14. The van der Waals surface area contributed by atoms with Crippen LogP contribution < -0.4 is 4.90 Å². The zero-order valence-corrected chi connectivity index (χ0v) is 18.4. The Labute approximate surface area is 193 Å². The van der Waals surface area contributed by atoms with Gasteiger partial charge >= 0.3 is 12.4 Å². The average Bonchev–Trinajstić information content (AvgIpc) is 3.41. The second-order valence-electron chi connectivity index (χ2n) is 6.86. The van der Waals surface area contributed by atoms with E-state index >= 15 is 0 Å². The van der Waals surface area contributed by atoms with Crippen molar-refractivity contribution in [2.45, 2.75) is 17.2 Å². The minimum absolute atomic E-state index is 0.202. The molecule has 0 spiro atoms. The lowest BCUT2D eigenvalue weighted by atomic mass is 10.3. The lowest BCUT2D eigenvalue weighted by Gasteiger charge is -2.17. The molecule has 2 heterocycles. The van der Waals surface area contributed by atoms with Gasteiger partial charge in [-0.1, -0.05) is 30.0 Å². The van der Waals surface area contributed by atoms with Gasteiger partial charge in [0, 0.05) is 23.7 Å². The van der Waals surface area contributed by atoms with Crippen molar-refractivity contribution >= 4 is 32.6 Å². The van der Waals surface area contributed by atoms with E-state index in [0.717, 1.165) is 30.0 Å². The highest BCUT2D eigenvalue weighted by Gasteiger charge is 2.45. The van der Waals surface area contributed by atoms with Crippen molar-refractivity contribution in [1.82, 2.24) is 14.8 Å². The predicted octanol–water partition coefficient (Wildman–Crippen LogP) is 4.60. The first-order valence-corrected chi connectivity index (χ1v) is 11.8. The lowest BCUT2D eigenvalue weighted by molar-refractivity contribution is -0.153. The van der Waals surface area contributed by atoms with Gasteiger partial charge in [-0.05, 0) is 36.4 Å². The Hall–Kier alpha value is -3.07. The highest BCUT2D eigenvalue weighted by molar-refractivity contribution is 8.15. The summed E-state index contributed by atoms with van der Waals surface area (Å²) in [5.41, 5.74) is 0.112. The van der Waals surface area contributed by atoms with Crippen LogP contribution in [0.3, 0.4) is 0 Å². The number of anilines is 1. The zero-order valence-electron chi connectivity index (χ0n) is 16.7. The van der Waals surface area contributed by atoms with E-state index in [1.165, 1.54) is 11.8 Å². The van der Waals surface area contributed by atoms with Crippen LogP contribution in [-0.2, 0) is 22.4 Å². The molecular formula is C19H13F6N5O2S2. The summed E-state index contributed by atoms with van der Waals surface area (Å²) in [7, 11) is -4.31. The Morgan fingerprint density at radius 2 is 1.38 bits per heavy atom. The molecule has 1 aliphatic heterocycles. The Balaban J connectivity index is 1.70. The number of rotatable bonds is 4. The fraction of sp³-hybridized carbons (Fsp3) is 0.211. The third-order valence-electron chi connectivity index (χ3n) is 4.61. The first kappa shape index (κ1) is 24.1. The van der Waals surface area contributed by atoms with Gasteiger partial charge in [0.25, 0.3) is 10.0 Å². The number of sulfonamides is 1. The lowest BCUT2D eigenvalue weighted by Crippen LogP contribution is -2.24. The molecule has 1 aliphatic rings. The fourth-order valence-corrected chi connectivity index (χ4v) is 5.35. The third kappa shape index (κ3) is 4.75. The maximum absolute atomic E-state index is 13.2. The number of alkyl halides is 6. The summed E-state index contributed by atoms with van der Waals surface area (Å²) < 4.78 is 108. The highest BCUT2D eigenvalue weighted by atomic mass is 32.2. The van der Waals surface area contributed by atoms with Gasteiger partial charge in [0.1, 0.15) is 0 Å². The number of aromatic nitrogens is 3. The molecule has 0 saturated carbocycles. The van der Waals surface area contributed by atoms with Crippen LogP contribution in [0.4, 0.5) is 32.0 Å². The van der Waals surface area contributed by atoms with Crippen LogP contribution in [0.1, 0.15) is 11.6 Å². The second-order valence-corrected chi connectivity index (χ2v) is 9.52. The molecular weight excluding hydrogens is 508 g/mol. The number of thioether (sulfide) groups is 1. The largest absolute Gasteiger partial charge is 0.452 e. The van der Waals surface area contributed by atoms with E-state index in [1.54, 1.807) is 35.2 Å². The van der Waals surface area contributed by atoms with Crippen molar-refractivity contribution in [2.24, 2.45) is 4.40 Å². The third-order valence-corrected chi connectivity index (χ3v) is 6.96. The topological polar surface area (TPSA) is 80.5 Å². The van der Waals surface area contributed by atoms with Gasteiger partial charge in [-0.2, -0.15) is 34.8 Å². The first-order valence-electron chi connectivity index (χ1n) is 9.38. The first-order chi connectivity index (χ1) is 15.9. The SMILES string of the molecule is O=S(=O)(/N=C1/SCCN1c1ccccc1)c1ccc(-n2c(C(F)(F)F)nnc2C(F)(F)F)cc1. The Bertz CT molecular complexity index is 1290. The standard InChI is InChI=1S/C19H13F6N5O2S2/c20-18(21,22)15-26-27-16(19(23,24)25)30(15)13-6-8-14(9-7-13)34(31,32)28-17-29(10-11-33-17)12-4-2-1-3-5-12/h1-9H,10-11H2/b28-17+. The molecule has 0 atom stereocenters.